The van der Waals surface area contributed by atoms with E-state index in [1.165, 1.54) is 30.0 Å². The van der Waals surface area contributed by atoms with Gasteiger partial charge in [0.2, 0.25) is 15.9 Å². The van der Waals surface area contributed by atoms with Crippen molar-refractivity contribution in [3.63, 3.8) is 0 Å². The van der Waals surface area contributed by atoms with Gasteiger partial charge >= 0.3 is 0 Å². The first-order valence-electron chi connectivity index (χ1n) is 12.7. The number of sulfonamides is 1. The summed E-state index contributed by atoms with van der Waals surface area (Å²) in [5.74, 6) is 4.34. The largest absolute Gasteiger partial charge is 0.490 e. The van der Waals surface area contributed by atoms with Crippen molar-refractivity contribution in [1.82, 2.24) is 9.62 Å². The van der Waals surface area contributed by atoms with Gasteiger partial charge in [0.1, 0.15) is 0 Å². The maximum Gasteiger partial charge on any atom is 0.243 e. The molecule has 2 heterocycles. The van der Waals surface area contributed by atoms with E-state index in [1.807, 2.05) is 0 Å². The standard InChI is InChI=1S/C25H34N2O5S/c28-25(26-22-14-17-13-21(22)20-4-1-3-19(17)20)16-7-9-27(10-8-16)33(29,30)18-5-6-23-24(15-18)32-12-2-11-31-23/h5-6,15-17,19-22H,1-4,7-14H2,(H,26,28)/t17-,19+,20+,21+,22-/m1/s1. The van der Waals surface area contributed by atoms with Gasteiger partial charge in [-0.25, -0.2) is 8.42 Å². The monoisotopic (exact) mass is 474 g/mol. The summed E-state index contributed by atoms with van der Waals surface area (Å²) in [4.78, 5) is 13.3. The molecule has 1 aromatic rings. The number of piperidine rings is 1. The number of nitrogens with zero attached hydrogens (tertiary/aromatic N) is 1. The van der Waals surface area contributed by atoms with Crippen LogP contribution >= 0.6 is 0 Å². The molecule has 0 unspecified atom stereocenters. The fourth-order valence-electron chi connectivity index (χ4n) is 7.35. The maximum atomic E-state index is 13.2. The molecule has 3 aliphatic carbocycles. The third kappa shape index (κ3) is 3.83. The van der Waals surface area contributed by atoms with Gasteiger partial charge in [0, 0.05) is 37.5 Å². The van der Waals surface area contributed by atoms with Crippen LogP contribution in [0.15, 0.2) is 23.1 Å². The Hall–Kier alpha value is -1.80. The molecule has 5 atom stereocenters. The van der Waals surface area contributed by atoms with Gasteiger partial charge in [-0.05, 0) is 74.3 Å². The Bertz CT molecular complexity index is 1020. The Morgan fingerprint density at radius 3 is 2.48 bits per heavy atom. The SMILES string of the molecule is O=C(N[C@@H]1C[C@H]2C[C@H]1[C@H]1CCC[C@@H]21)C1CCN(S(=O)(=O)c2ccc3c(c2)OCCCO3)CC1. The summed E-state index contributed by atoms with van der Waals surface area (Å²) in [6.45, 7) is 1.83. The topological polar surface area (TPSA) is 84.9 Å². The third-order valence-electron chi connectivity index (χ3n) is 8.94. The number of amides is 1. The Balaban J connectivity index is 1.06. The van der Waals surface area contributed by atoms with Crippen molar-refractivity contribution in [3.05, 3.63) is 18.2 Å². The molecule has 1 saturated heterocycles. The summed E-state index contributed by atoms with van der Waals surface area (Å²) in [6.07, 6.45) is 8.46. The zero-order valence-electron chi connectivity index (χ0n) is 19.1. The van der Waals surface area contributed by atoms with Gasteiger partial charge in [0.25, 0.3) is 0 Å². The van der Waals surface area contributed by atoms with Gasteiger partial charge in [0.15, 0.2) is 11.5 Å². The lowest BCUT2D eigenvalue weighted by atomic mass is 9.79. The molecule has 6 rings (SSSR count). The molecule has 8 heteroatoms. The van der Waals surface area contributed by atoms with Crippen molar-refractivity contribution in [2.45, 2.75) is 62.3 Å². The van der Waals surface area contributed by atoms with Crippen molar-refractivity contribution < 1.29 is 22.7 Å². The number of hydrogen-bond acceptors (Lipinski definition) is 5. The number of nitrogens with one attached hydrogen (secondary N) is 1. The van der Waals surface area contributed by atoms with E-state index in [2.05, 4.69) is 5.32 Å². The minimum absolute atomic E-state index is 0.0984. The molecule has 1 amide bonds. The fourth-order valence-corrected chi connectivity index (χ4v) is 8.83. The number of hydrogen-bond donors (Lipinski definition) is 1. The van der Waals surface area contributed by atoms with Crippen LogP contribution in [-0.2, 0) is 14.8 Å². The molecule has 5 aliphatic rings. The number of carbonyl (C=O) groups excluding carboxylic acids is 1. The molecular weight excluding hydrogens is 440 g/mol. The average molecular weight is 475 g/mol. The van der Waals surface area contributed by atoms with Crippen LogP contribution < -0.4 is 14.8 Å². The highest BCUT2D eigenvalue weighted by atomic mass is 32.2. The molecule has 0 radical (unpaired) electrons. The minimum atomic E-state index is -3.63. The highest BCUT2D eigenvalue weighted by Gasteiger charge is 2.54. The van der Waals surface area contributed by atoms with Crippen LogP contribution in [0.4, 0.5) is 0 Å². The van der Waals surface area contributed by atoms with E-state index >= 15 is 0 Å². The molecule has 0 spiro atoms. The number of fused-ring (bicyclic) bond motifs is 6. The highest BCUT2D eigenvalue weighted by Crippen LogP contribution is 2.58. The second kappa shape index (κ2) is 8.45. The molecule has 2 bridgehead atoms. The molecule has 7 nitrogen and oxygen atoms in total. The lowest BCUT2D eigenvalue weighted by molar-refractivity contribution is -0.127. The number of ether oxygens (including phenoxy) is 2. The predicted octanol–water partition coefficient (Wildman–Crippen LogP) is 3.19. The van der Waals surface area contributed by atoms with Crippen LogP contribution in [0.2, 0.25) is 0 Å². The summed E-state index contributed by atoms with van der Waals surface area (Å²) in [5.41, 5.74) is 0. The first-order valence-corrected chi connectivity index (χ1v) is 14.1. The van der Waals surface area contributed by atoms with E-state index in [0.29, 0.717) is 62.6 Å². The predicted molar refractivity (Wildman–Crippen MR) is 123 cm³/mol. The Morgan fingerprint density at radius 2 is 1.67 bits per heavy atom. The van der Waals surface area contributed by atoms with Crippen LogP contribution in [0.5, 0.6) is 11.5 Å². The van der Waals surface area contributed by atoms with Gasteiger partial charge < -0.3 is 14.8 Å². The molecular formula is C25H34N2O5S. The molecule has 180 valence electrons. The lowest BCUT2D eigenvalue weighted by Gasteiger charge is -2.35. The van der Waals surface area contributed by atoms with E-state index in [1.54, 1.807) is 18.2 Å². The quantitative estimate of drug-likeness (QED) is 0.725. The Morgan fingerprint density at radius 1 is 0.909 bits per heavy atom. The van der Waals surface area contributed by atoms with Crippen molar-refractivity contribution in [2.75, 3.05) is 26.3 Å². The van der Waals surface area contributed by atoms with Crippen molar-refractivity contribution in [1.29, 1.82) is 0 Å². The number of benzene rings is 1. The van der Waals surface area contributed by atoms with E-state index < -0.39 is 10.0 Å². The molecule has 1 N–H and O–H groups in total. The van der Waals surface area contributed by atoms with E-state index in [4.69, 9.17) is 9.47 Å². The second-order valence-corrected chi connectivity index (χ2v) is 12.5. The number of rotatable bonds is 4. The summed E-state index contributed by atoms with van der Waals surface area (Å²) in [5, 5.41) is 3.38. The van der Waals surface area contributed by atoms with E-state index in [-0.39, 0.29) is 16.7 Å². The van der Waals surface area contributed by atoms with Gasteiger partial charge in [-0.2, -0.15) is 4.31 Å². The molecule has 0 aromatic heterocycles. The first-order chi connectivity index (χ1) is 16.0. The highest BCUT2D eigenvalue weighted by molar-refractivity contribution is 7.89. The van der Waals surface area contributed by atoms with Gasteiger partial charge in [-0.1, -0.05) is 6.42 Å². The average Bonchev–Trinajstić information content (AvgIpc) is 3.49. The smallest absolute Gasteiger partial charge is 0.243 e. The molecule has 3 saturated carbocycles. The molecule has 33 heavy (non-hydrogen) atoms. The Kier molecular flexibility index (Phi) is 5.56. The van der Waals surface area contributed by atoms with Gasteiger partial charge in [-0.15, -0.1) is 0 Å². The summed E-state index contributed by atoms with van der Waals surface area (Å²) in [6, 6.07) is 5.18. The lowest BCUT2D eigenvalue weighted by Crippen LogP contribution is -2.48. The molecule has 4 fully saturated rings. The van der Waals surface area contributed by atoms with Crippen LogP contribution in [0.25, 0.3) is 0 Å². The zero-order valence-corrected chi connectivity index (χ0v) is 19.9. The fraction of sp³-hybridized carbons (Fsp3) is 0.720. The van der Waals surface area contributed by atoms with Crippen LogP contribution in [0.1, 0.15) is 51.4 Å². The zero-order chi connectivity index (χ0) is 22.6. The normalized spacial score (nSPS) is 34.1. The summed E-state index contributed by atoms with van der Waals surface area (Å²) >= 11 is 0. The Labute approximate surface area is 196 Å². The molecule has 2 aliphatic heterocycles. The minimum Gasteiger partial charge on any atom is -0.490 e. The second-order valence-electron chi connectivity index (χ2n) is 10.6. The third-order valence-corrected chi connectivity index (χ3v) is 10.8. The van der Waals surface area contributed by atoms with Crippen molar-refractivity contribution >= 4 is 15.9 Å². The molecule has 1 aromatic carbocycles. The maximum absolute atomic E-state index is 13.2. The summed E-state index contributed by atoms with van der Waals surface area (Å²) in [7, 11) is -3.63. The van der Waals surface area contributed by atoms with Gasteiger partial charge in [-0.3, -0.25) is 4.79 Å². The van der Waals surface area contributed by atoms with Gasteiger partial charge in [0.05, 0.1) is 18.1 Å². The van der Waals surface area contributed by atoms with Crippen LogP contribution in [0, 0.1) is 29.6 Å². The van der Waals surface area contributed by atoms with Crippen molar-refractivity contribution in [2.24, 2.45) is 29.6 Å². The number of carbonyl (C=O) groups is 1. The van der Waals surface area contributed by atoms with Crippen LogP contribution in [0.3, 0.4) is 0 Å². The van der Waals surface area contributed by atoms with Crippen molar-refractivity contribution in [3.8, 4) is 11.5 Å². The van der Waals surface area contributed by atoms with E-state index in [0.717, 1.165) is 30.6 Å². The summed E-state index contributed by atoms with van der Waals surface area (Å²) < 4.78 is 39.3. The first kappa shape index (κ1) is 21.7. The van der Waals surface area contributed by atoms with Crippen LogP contribution in [-0.4, -0.2) is 51.0 Å². The van der Waals surface area contributed by atoms with E-state index in [9.17, 15) is 13.2 Å².